The van der Waals surface area contributed by atoms with Crippen LogP contribution >= 0.6 is 0 Å². The van der Waals surface area contributed by atoms with Crippen LogP contribution in [0.15, 0.2) is 30.3 Å². The summed E-state index contributed by atoms with van der Waals surface area (Å²) in [5.74, 6) is 0. The molecule has 4 nitrogen and oxygen atoms in total. The van der Waals surface area contributed by atoms with E-state index in [0.29, 0.717) is 11.7 Å². The minimum atomic E-state index is 0.359. The van der Waals surface area contributed by atoms with Crippen molar-refractivity contribution in [1.82, 2.24) is 9.97 Å². The summed E-state index contributed by atoms with van der Waals surface area (Å²) in [4.78, 5) is 8.40. The van der Waals surface area contributed by atoms with Gasteiger partial charge in [0.1, 0.15) is 0 Å². The number of nitrogens with two attached hydrogens (primary N) is 1. The second-order valence-electron chi connectivity index (χ2n) is 3.47. The van der Waals surface area contributed by atoms with E-state index >= 15 is 0 Å². The van der Waals surface area contributed by atoms with Crippen molar-refractivity contribution in [2.45, 2.75) is 6.92 Å². The van der Waals surface area contributed by atoms with Crippen molar-refractivity contribution in [2.24, 2.45) is 0 Å². The van der Waals surface area contributed by atoms with Crippen LogP contribution in [-0.4, -0.2) is 17.1 Å². The normalized spacial score (nSPS) is 10.1. The third-order valence-corrected chi connectivity index (χ3v) is 2.25. The van der Waals surface area contributed by atoms with Gasteiger partial charge in [0.05, 0.1) is 12.8 Å². The molecule has 0 aliphatic rings. The van der Waals surface area contributed by atoms with Crippen LogP contribution in [0.25, 0.3) is 11.3 Å². The van der Waals surface area contributed by atoms with Crippen LogP contribution in [0.1, 0.15) is 5.69 Å². The summed E-state index contributed by atoms with van der Waals surface area (Å²) >= 11 is 0. The van der Waals surface area contributed by atoms with E-state index in [4.69, 9.17) is 10.5 Å². The van der Waals surface area contributed by atoms with Crippen LogP contribution in [0.5, 0.6) is 6.01 Å². The van der Waals surface area contributed by atoms with Gasteiger partial charge in [0, 0.05) is 16.9 Å². The second-order valence-corrected chi connectivity index (χ2v) is 3.47. The van der Waals surface area contributed by atoms with Crippen LogP contribution in [-0.2, 0) is 0 Å². The fourth-order valence-electron chi connectivity index (χ4n) is 1.50. The molecule has 16 heavy (non-hydrogen) atoms. The maximum atomic E-state index is 5.89. The van der Waals surface area contributed by atoms with Gasteiger partial charge >= 0.3 is 6.01 Å². The molecule has 0 aliphatic heterocycles. The third kappa shape index (κ3) is 1.95. The van der Waals surface area contributed by atoms with Gasteiger partial charge in [-0.25, -0.2) is 4.98 Å². The van der Waals surface area contributed by atoms with E-state index in [2.05, 4.69) is 9.97 Å². The molecule has 1 aromatic carbocycles. The van der Waals surface area contributed by atoms with Gasteiger partial charge in [0.15, 0.2) is 0 Å². The number of hydrogen-bond acceptors (Lipinski definition) is 4. The van der Waals surface area contributed by atoms with Crippen LogP contribution in [0.3, 0.4) is 0 Å². The lowest BCUT2D eigenvalue weighted by atomic mass is 10.1. The highest BCUT2D eigenvalue weighted by atomic mass is 16.5. The molecular weight excluding hydrogens is 202 g/mol. The lowest BCUT2D eigenvalue weighted by molar-refractivity contribution is 0.379. The average molecular weight is 215 g/mol. The fraction of sp³-hybridized carbons (Fsp3) is 0.167. The third-order valence-electron chi connectivity index (χ3n) is 2.25. The maximum Gasteiger partial charge on any atom is 0.316 e. The maximum absolute atomic E-state index is 5.89. The molecule has 0 unspecified atom stereocenters. The molecule has 0 aliphatic carbocycles. The molecular formula is C12H13N3O. The Morgan fingerprint density at radius 2 is 1.94 bits per heavy atom. The number of hydrogen-bond donors (Lipinski definition) is 1. The molecule has 0 saturated carbocycles. The first-order chi connectivity index (χ1) is 7.70. The minimum Gasteiger partial charge on any atom is -0.467 e. The molecule has 0 fully saturated rings. The van der Waals surface area contributed by atoms with Crippen molar-refractivity contribution < 1.29 is 4.74 Å². The molecule has 0 spiro atoms. The van der Waals surface area contributed by atoms with Crippen molar-refractivity contribution in [2.75, 3.05) is 12.8 Å². The number of nitrogen functional groups attached to an aromatic ring is 1. The zero-order chi connectivity index (χ0) is 11.5. The molecule has 2 aromatic rings. The summed E-state index contributed by atoms with van der Waals surface area (Å²) in [6.45, 7) is 1.90. The molecule has 2 rings (SSSR count). The second kappa shape index (κ2) is 4.18. The standard InChI is InChI=1S/C12H13N3O/c1-8-7-11(15-12(14-8)16-2)9-5-3-4-6-10(9)13/h3-7H,13H2,1-2H3. The number of anilines is 1. The first kappa shape index (κ1) is 10.4. The Balaban J connectivity index is 2.56. The number of nitrogens with zero attached hydrogens (tertiary/aromatic N) is 2. The number of aromatic nitrogens is 2. The van der Waals surface area contributed by atoms with Gasteiger partial charge < -0.3 is 10.5 Å². The smallest absolute Gasteiger partial charge is 0.316 e. The Bertz CT molecular complexity index is 511. The molecule has 0 saturated heterocycles. The summed E-state index contributed by atoms with van der Waals surface area (Å²) in [7, 11) is 1.55. The van der Waals surface area contributed by atoms with Gasteiger partial charge in [-0.2, -0.15) is 4.98 Å². The zero-order valence-corrected chi connectivity index (χ0v) is 9.27. The van der Waals surface area contributed by atoms with Crippen molar-refractivity contribution in [3.05, 3.63) is 36.0 Å². The van der Waals surface area contributed by atoms with E-state index in [0.717, 1.165) is 17.0 Å². The summed E-state index contributed by atoms with van der Waals surface area (Å²) in [5.41, 5.74) is 9.12. The number of rotatable bonds is 2. The Labute approximate surface area is 94.1 Å². The first-order valence-electron chi connectivity index (χ1n) is 4.95. The largest absolute Gasteiger partial charge is 0.467 e. The van der Waals surface area contributed by atoms with E-state index in [1.54, 1.807) is 7.11 Å². The highest BCUT2D eigenvalue weighted by Gasteiger charge is 2.06. The summed E-state index contributed by atoms with van der Waals surface area (Å²) in [5, 5.41) is 0. The predicted molar refractivity (Wildman–Crippen MR) is 63.2 cm³/mol. The fourth-order valence-corrected chi connectivity index (χ4v) is 1.50. The van der Waals surface area contributed by atoms with E-state index in [-0.39, 0.29) is 0 Å². The lowest BCUT2D eigenvalue weighted by Gasteiger charge is -2.06. The van der Waals surface area contributed by atoms with Gasteiger partial charge in [0.25, 0.3) is 0 Å². The van der Waals surface area contributed by atoms with Gasteiger partial charge in [-0.1, -0.05) is 18.2 Å². The molecule has 0 radical (unpaired) electrons. The van der Waals surface area contributed by atoms with Gasteiger partial charge in [-0.15, -0.1) is 0 Å². The summed E-state index contributed by atoms with van der Waals surface area (Å²) < 4.78 is 5.03. The number of ether oxygens (including phenoxy) is 1. The molecule has 0 amide bonds. The van der Waals surface area contributed by atoms with Crippen LogP contribution in [0, 0.1) is 6.92 Å². The minimum absolute atomic E-state index is 0.359. The van der Waals surface area contributed by atoms with Gasteiger partial charge in [-0.3, -0.25) is 0 Å². The molecule has 0 atom stereocenters. The van der Waals surface area contributed by atoms with E-state index in [1.807, 2.05) is 37.3 Å². The van der Waals surface area contributed by atoms with E-state index < -0.39 is 0 Å². The van der Waals surface area contributed by atoms with Crippen LogP contribution in [0.4, 0.5) is 5.69 Å². The SMILES string of the molecule is COc1nc(C)cc(-c2ccccc2N)n1. The van der Waals surface area contributed by atoms with Gasteiger partial charge in [-0.05, 0) is 19.1 Å². The van der Waals surface area contributed by atoms with Crippen LogP contribution in [0.2, 0.25) is 0 Å². The Morgan fingerprint density at radius 1 is 1.19 bits per heavy atom. The lowest BCUT2D eigenvalue weighted by Crippen LogP contribution is -1.97. The first-order valence-corrected chi connectivity index (χ1v) is 4.95. The van der Waals surface area contributed by atoms with E-state index in [1.165, 1.54) is 0 Å². The highest BCUT2D eigenvalue weighted by molar-refractivity contribution is 5.73. The van der Waals surface area contributed by atoms with Crippen molar-refractivity contribution in [1.29, 1.82) is 0 Å². The highest BCUT2D eigenvalue weighted by Crippen LogP contribution is 2.25. The number of methoxy groups -OCH3 is 1. The topological polar surface area (TPSA) is 61.0 Å². The molecule has 2 N–H and O–H groups in total. The molecule has 1 heterocycles. The van der Waals surface area contributed by atoms with Gasteiger partial charge in [0.2, 0.25) is 0 Å². The van der Waals surface area contributed by atoms with Crippen molar-refractivity contribution in [3.8, 4) is 17.3 Å². The molecule has 82 valence electrons. The van der Waals surface area contributed by atoms with Crippen molar-refractivity contribution in [3.63, 3.8) is 0 Å². The molecule has 0 bridgehead atoms. The number of benzene rings is 1. The Kier molecular flexibility index (Phi) is 2.72. The van der Waals surface area contributed by atoms with Crippen LogP contribution < -0.4 is 10.5 Å². The Morgan fingerprint density at radius 3 is 2.62 bits per heavy atom. The van der Waals surface area contributed by atoms with E-state index in [9.17, 15) is 0 Å². The number of aryl methyl sites for hydroxylation is 1. The quantitative estimate of drug-likeness (QED) is 0.779. The molecule has 1 aromatic heterocycles. The summed E-state index contributed by atoms with van der Waals surface area (Å²) in [6, 6.07) is 9.84. The predicted octanol–water partition coefficient (Wildman–Crippen LogP) is 2.04. The molecule has 4 heteroatoms. The van der Waals surface area contributed by atoms with Crippen molar-refractivity contribution >= 4 is 5.69 Å². The average Bonchev–Trinajstić information content (AvgIpc) is 2.28. The number of para-hydroxylation sites is 1. The zero-order valence-electron chi connectivity index (χ0n) is 9.27. The summed E-state index contributed by atoms with van der Waals surface area (Å²) in [6.07, 6.45) is 0. The monoisotopic (exact) mass is 215 g/mol. The Hall–Kier alpha value is -2.10.